The Labute approximate surface area is 226 Å². The van der Waals surface area contributed by atoms with E-state index in [2.05, 4.69) is 25.9 Å². The minimum Gasteiger partial charge on any atom is -0.444 e. The van der Waals surface area contributed by atoms with Crippen LogP contribution in [0.1, 0.15) is 43.3 Å². The number of aromatic nitrogens is 3. The molecule has 0 unspecified atom stereocenters. The molecule has 3 N–H and O–H groups in total. The number of pyridine rings is 1. The topological polar surface area (TPSA) is 127 Å². The molecule has 2 amide bonds. The van der Waals surface area contributed by atoms with Gasteiger partial charge in [-0.1, -0.05) is 41.9 Å². The maximum absolute atomic E-state index is 13.6. The molecule has 2 heterocycles. The number of nitrogens with zero attached hydrogens (tertiary/aromatic N) is 3. The van der Waals surface area contributed by atoms with E-state index >= 15 is 0 Å². The summed E-state index contributed by atoms with van der Waals surface area (Å²) in [5, 5.41) is 8.43. The summed E-state index contributed by atoms with van der Waals surface area (Å²) in [4.78, 5) is 47.2. The third-order valence-electron chi connectivity index (χ3n) is 5.57. The van der Waals surface area contributed by atoms with Crippen LogP contribution in [0.4, 0.5) is 16.3 Å². The molecule has 11 heteroatoms. The van der Waals surface area contributed by atoms with Crippen molar-refractivity contribution >= 4 is 35.1 Å². The second kappa shape index (κ2) is 12.1. The highest BCUT2D eigenvalue weighted by Crippen LogP contribution is 2.26. The Morgan fingerprint density at radius 3 is 2.42 bits per heavy atom. The van der Waals surface area contributed by atoms with Gasteiger partial charge in [-0.15, -0.1) is 0 Å². The number of halogens is 1. The number of nitrogens with one attached hydrogen (secondary N) is 3. The molecular weight excluding hydrogens is 508 g/mol. The maximum atomic E-state index is 13.6. The van der Waals surface area contributed by atoms with Crippen LogP contribution in [0, 0.1) is 13.8 Å². The molecule has 0 fully saturated rings. The van der Waals surface area contributed by atoms with Crippen molar-refractivity contribution in [1.29, 1.82) is 0 Å². The summed E-state index contributed by atoms with van der Waals surface area (Å²) in [7, 11) is 1.54. The zero-order chi connectivity index (χ0) is 28.0. The number of aryl methyl sites for hydroxylation is 1. The molecule has 0 atom stereocenters. The monoisotopic (exact) mass is 540 g/mol. The number of ether oxygens (including phenoxy) is 1. The van der Waals surface area contributed by atoms with Crippen molar-refractivity contribution in [3.8, 4) is 5.82 Å². The van der Waals surface area contributed by atoms with Gasteiger partial charge in [0, 0.05) is 19.3 Å². The number of hydrogen-bond acceptors (Lipinski definition) is 7. The zero-order valence-corrected chi connectivity index (χ0v) is 23.2. The lowest BCUT2D eigenvalue weighted by molar-refractivity contribution is -0.119. The predicted octanol–water partition coefficient (Wildman–Crippen LogP) is 4.19. The van der Waals surface area contributed by atoms with E-state index in [0.717, 1.165) is 5.56 Å². The number of carbonyl (C=O) groups excluding carboxylic acids is 2. The number of carbonyl (C=O) groups is 2. The van der Waals surface area contributed by atoms with Crippen molar-refractivity contribution in [2.45, 2.75) is 53.1 Å². The molecule has 1 aromatic carbocycles. The molecule has 0 spiro atoms. The van der Waals surface area contributed by atoms with Crippen LogP contribution in [0.5, 0.6) is 0 Å². The van der Waals surface area contributed by atoms with Crippen molar-refractivity contribution in [2.24, 2.45) is 0 Å². The first kappa shape index (κ1) is 28.6. The van der Waals surface area contributed by atoms with Crippen molar-refractivity contribution in [3.63, 3.8) is 0 Å². The summed E-state index contributed by atoms with van der Waals surface area (Å²) in [6.07, 6.45) is -0.0253. The standard InChI is InChI=1S/C27H33ClN6O4/c1-16-19(15-21(35)29-6)14-20(32-26(37)38-27(3,4)5)24(31-16)34-17(2)22(28)33-23(25(34)36)30-13-12-18-10-8-7-9-11-18/h7-11,14H,12-13,15H2,1-6H3,(H,29,35)(H,30,33)(H,32,37). The fourth-order valence-corrected chi connectivity index (χ4v) is 3.84. The van der Waals surface area contributed by atoms with Gasteiger partial charge in [-0.2, -0.15) is 0 Å². The summed E-state index contributed by atoms with van der Waals surface area (Å²) in [5.74, 6) is -0.0448. The molecule has 0 aliphatic heterocycles. The minimum absolute atomic E-state index is 0.0376. The summed E-state index contributed by atoms with van der Waals surface area (Å²) >= 11 is 6.44. The van der Waals surface area contributed by atoms with E-state index in [4.69, 9.17) is 16.3 Å². The van der Waals surface area contributed by atoms with Gasteiger partial charge in [-0.3, -0.25) is 19.5 Å². The molecule has 3 aromatic rings. The van der Waals surface area contributed by atoms with E-state index < -0.39 is 17.3 Å². The van der Waals surface area contributed by atoms with Gasteiger partial charge < -0.3 is 15.4 Å². The number of benzene rings is 1. The fourth-order valence-electron chi connectivity index (χ4n) is 3.67. The number of hydrogen-bond donors (Lipinski definition) is 3. The summed E-state index contributed by atoms with van der Waals surface area (Å²) < 4.78 is 6.71. The highest BCUT2D eigenvalue weighted by atomic mass is 35.5. The van der Waals surface area contributed by atoms with Gasteiger partial charge in [0.2, 0.25) is 5.91 Å². The molecule has 202 valence electrons. The number of rotatable bonds is 8. The molecule has 0 aliphatic carbocycles. The van der Waals surface area contributed by atoms with Crippen LogP contribution in [-0.2, 0) is 22.4 Å². The van der Waals surface area contributed by atoms with Gasteiger partial charge in [0.1, 0.15) is 5.60 Å². The van der Waals surface area contributed by atoms with Gasteiger partial charge >= 0.3 is 6.09 Å². The molecule has 2 aromatic heterocycles. The second-order valence-electron chi connectivity index (χ2n) is 9.72. The van der Waals surface area contributed by atoms with Gasteiger partial charge in [0.15, 0.2) is 16.8 Å². The quantitative estimate of drug-likeness (QED) is 0.391. The highest BCUT2D eigenvalue weighted by molar-refractivity contribution is 6.30. The Hall–Kier alpha value is -3.92. The third kappa shape index (κ3) is 7.32. The largest absolute Gasteiger partial charge is 0.444 e. The van der Waals surface area contributed by atoms with E-state index in [9.17, 15) is 14.4 Å². The molecule has 0 aliphatic rings. The SMILES string of the molecule is CNC(=O)Cc1cc(NC(=O)OC(C)(C)C)c(-n2c(C)c(Cl)nc(NCCc3ccccc3)c2=O)nc1C. The lowest BCUT2D eigenvalue weighted by atomic mass is 10.1. The van der Waals surface area contributed by atoms with E-state index in [0.29, 0.717) is 29.9 Å². The van der Waals surface area contributed by atoms with E-state index in [1.165, 1.54) is 11.6 Å². The van der Waals surface area contributed by atoms with Crippen LogP contribution in [0.15, 0.2) is 41.2 Å². The lowest BCUT2D eigenvalue weighted by Crippen LogP contribution is -2.31. The molecule has 10 nitrogen and oxygen atoms in total. The highest BCUT2D eigenvalue weighted by Gasteiger charge is 2.23. The third-order valence-corrected chi connectivity index (χ3v) is 5.93. The first-order valence-electron chi connectivity index (χ1n) is 12.2. The second-order valence-corrected chi connectivity index (χ2v) is 10.1. The Kier molecular flexibility index (Phi) is 9.11. The summed E-state index contributed by atoms with van der Waals surface area (Å²) in [6.45, 7) is 9.03. The first-order valence-corrected chi connectivity index (χ1v) is 12.6. The normalized spacial score (nSPS) is 11.1. The van der Waals surface area contributed by atoms with Crippen molar-refractivity contribution in [3.05, 3.63) is 74.4 Å². The molecule has 0 saturated heterocycles. The molecule has 0 bridgehead atoms. The van der Waals surface area contributed by atoms with Crippen LogP contribution in [0.2, 0.25) is 5.15 Å². The van der Waals surface area contributed by atoms with Crippen molar-refractivity contribution in [2.75, 3.05) is 24.2 Å². The van der Waals surface area contributed by atoms with Crippen LogP contribution in [-0.4, -0.2) is 45.7 Å². The molecule has 0 radical (unpaired) electrons. The summed E-state index contributed by atoms with van der Waals surface area (Å²) in [5.41, 5.74) is 1.47. The Bertz CT molecular complexity index is 1380. The lowest BCUT2D eigenvalue weighted by Gasteiger charge is -2.22. The molecule has 38 heavy (non-hydrogen) atoms. The van der Waals surface area contributed by atoms with Crippen LogP contribution in [0.3, 0.4) is 0 Å². The first-order chi connectivity index (χ1) is 17.9. The van der Waals surface area contributed by atoms with Gasteiger partial charge in [0.25, 0.3) is 5.56 Å². The molecule has 0 saturated carbocycles. The van der Waals surface area contributed by atoms with Gasteiger partial charge in [-0.25, -0.2) is 14.8 Å². The van der Waals surface area contributed by atoms with Crippen LogP contribution in [0.25, 0.3) is 5.82 Å². The predicted molar refractivity (Wildman–Crippen MR) is 148 cm³/mol. The van der Waals surface area contributed by atoms with E-state index in [1.807, 2.05) is 30.3 Å². The van der Waals surface area contributed by atoms with Gasteiger partial charge in [-0.05, 0) is 58.2 Å². The number of amides is 2. The van der Waals surface area contributed by atoms with Crippen molar-refractivity contribution in [1.82, 2.24) is 19.9 Å². The number of likely N-dealkylation sites (N-methyl/N-ethyl adjacent to an activating group) is 1. The average Bonchev–Trinajstić information content (AvgIpc) is 2.84. The van der Waals surface area contributed by atoms with Gasteiger partial charge in [0.05, 0.1) is 17.8 Å². The average molecular weight is 541 g/mol. The van der Waals surface area contributed by atoms with Crippen LogP contribution >= 0.6 is 11.6 Å². The van der Waals surface area contributed by atoms with Crippen LogP contribution < -0.4 is 21.5 Å². The minimum atomic E-state index is -0.754. The van der Waals surface area contributed by atoms with E-state index in [-0.39, 0.29) is 34.8 Å². The Morgan fingerprint density at radius 1 is 1.11 bits per heavy atom. The van der Waals surface area contributed by atoms with E-state index in [1.54, 1.807) is 40.7 Å². The maximum Gasteiger partial charge on any atom is 0.412 e. The van der Waals surface area contributed by atoms with Crippen molar-refractivity contribution < 1.29 is 14.3 Å². The molecular formula is C27H33ClN6O4. The Morgan fingerprint density at radius 2 is 1.79 bits per heavy atom. The smallest absolute Gasteiger partial charge is 0.412 e. The Balaban J connectivity index is 2.07. The fraction of sp³-hybridized carbons (Fsp3) is 0.370. The number of anilines is 2. The summed E-state index contributed by atoms with van der Waals surface area (Å²) in [6, 6.07) is 11.4. The zero-order valence-electron chi connectivity index (χ0n) is 22.4. The molecule has 3 rings (SSSR count).